The Hall–Kier alpha value is -2.64. The average Bonchev–Trinajstić information content (AvgIpc) is 2.45. The van der Waals surface area contributed by atoms with Crippen LogP contribution >= 0.6 is 0 Å². The van der Waals surface area contributed by atoms with Gasteiger partial charge < -0.3 is 11.1 Å². The van der Waals surface area contributed by atoms with Crippen molar-refractivity contribution < 1.29 is 9.18 Å². The lowest BCUT2D eigenvalue weighted by molar-refractivity contribution is 0.102. The van der Waals surface area contributed by atoms with Crippen LogP contribution in [0.5, 0.6) is 0 Å². The van der Waals surface area contributed by atoms with E-state index in [0.29, 0.717) is 16.8 Å². The predicted molar refractivity (Wildman–Crippen MR) is 76.7 cm³/mol. The molecule has 0 saturated heterocycles. The normalized spacial score (nSPS) is 9.50. The highest BCUT2D eigenvalue weighted by molar-refractivity contribution is 6.05. The molecule has 2 rings (SSSR count). The highest BCUT2D eigenvalue weighted by Crippen LogP contribution is 2.13. The van der Waals surface area contributed by atoms with E-state index in [9.17, 15) is 9.18 Å². The second-order valence-electron chi connectivity index (χ2n) is 4.02. The Kier molecular flexibility index (Phi) is 4.48. The van der Waals surface area contributed by atoms with Crippen LogP contribution in [0.2, 0.25) is 0 Å². The number of hydrogen-bond acceptors (Lipinski definition) is 2. The van der Waals surface area contributed by atoms with Gasteiger partial charge in [0.15, 0.2) is 0 Å². The number of hydrogen-bond donors (Lipinski definition) is 2. The molecular weight excluding hydrogens is 255 g/mol. The summed E-state index contributed by atoms with van der Waals surface area (Å²) >= 11 is 0. The number of nitrogens with one attached hydrogen (secondary N) is 1. The summed E-state index contributed by atoms with van der Waals surface area (Å²) in [6, 6.07) is 12.7. The molecule has 1 amide bonds. The van der Waals surface area contributed by atoms with Gasteiger partial charge in [-0.1, -0.05) is 30.0 Å². The molecule has 0 aliphatic carbocycles. The number of carbonyl (C=O) groups excluding carboxylic acids is 1. The van der Waals surface area contributed by atoms with Crippen molar-refractivity contribution in [1.29, 1.82) is 0 Å². The van der Waals surface area contributed by atoms with Gasteiger partial charge in [-0.2, -0.15) is 0 Å². The van der Waals surface area contributed by atoms with Crippen LogP contribution in [-0.4, -0.2) is 12.5 Å². The molecule has 0 saturated carbocycles. The van der Waals surface area contributed by atoms with Crippen molar-refractivity contribution in [2.45, 2.75) is 0 Å². The van der Waals surface area contributed by atoms with Crippen molar-refractivity contribution >= 4 is 11.6 Å². The maximum atomic E-state index is 13.1. The SMILES string of the molecule is NCC#Cc1ccccc1C(=O)Nc1cccc(F)c1. The summed E-state index contributed by atoms with van der Waals surface area (Å²) in [6.45, 7) is 0.222. The van der Waals surface area contributed by atoms with E-state index in [4.69, 9.17) is 5.73 Å². The third-order valence-electron chi connectivity index (χ3n) is 2.58. The van der Waals surface area contributed by atoms with Crippen LogP contribution in [0, 0.1) is 17.7 Å². The zero-order valence-corrected chi connectivity index (χ0v) is 10.7. The van der Waals surface area contributed by atoms with Crippen molar-refractivity contribution in [3.05, 3.63) is 65.5 Å². The van der Waals surface area contributed by atoms with Crippen LogP contribution in [-0.2, 0) is 0 Å². The van der Waals surface area contributed by atoms with Crippen LogP contribution in [0.3, 0.4) is 0 Å². The molecule has 0 spiro atoms. The molecule has 0 atom stereocenters. The van der Waals surface area contributed by atoms with Gasteiger partial charge in [0, 0.05) is 11.3 Å². The molecule has 2 aromatic rings. The smallest absolute Gasteiger partial charge is 0.256 e. The molecule has 0 aliphatic rings. The third kappa shape index (κ3) is 3.44. The summed E-state index contributed by atoms with van der Waals surface area (Å²) in [4.78, 5) is 12.2. The fraction of sp³-hybridized carbons (Fsp3) is 0.0625. The van der Waals surface area contributed by atoms with Crippen LogP contribution in [0.4, 0.5) is 10.1 Å². The first kappa shape index (κ1) is 13.8. The molecule has 4 heteroatoms. The minimum absolute atomic E-state index is 0.222. The van der Waals surface area contributed by atoms with E-state index < -0.39 is 5.82 Å². The quantitative estimate of drug-likeness (QED) is 0.822. The predicted octanol–water partition coefficient (Wildman–Crippen LogP) is 2.39. The molecule has 0 heterocycles. The molecule has 20 heavy (non-hydrogen) atoms. The second kappa shape index (κ2) is 6.50. The van der Waals surface area contributed by atoms with Crippen molar-refractivity contribution in [3.63, 3.8) is 0 Å². The number of benzene rings is 2. The zero-order chi connectivity index (χ0) is 14.4. The van der Waals surface area contributed by atoms with Crippen molar-refractivity contribution in [1.82, 2.24) is 0 Å². The molecule has 0 radical (unpaired) electrons. The molecule has 0 unspecified atom stereocenters. The summed E-state index contributed by atoms with van der Waals surface area (Å²) in [5.41, 5.74) is 6.74. The molecule has 0 fully saturated rings. The Labute approximate surface area is 116 Å². The Morgan fingerprint density at radius 3 is 2.75 bits per heavy atom. The van der Waals surface area contributed by atoms with Crippen LogP contribution in [0.1, 0.15) is 15.9 Å². The molecule has 3 N–H and O–H groups in total. The van der Waals surface area contributed by atoms with Gasteiger partial charge in [0.1, 0.15) is 5.82 Å². The minimum Gasteiger partial charge on any atom is -0.322 e. The van der Waals surface area contributed by atoms with Gasteiger partial charge in [-0.25, -0.2) is 4.39 Å². The number of nitrogens with two attached hydrogens (primary N) is 1. The molecule has 3 nitrogen and oxygen atoms in total. The third-order valence-corrected chi connectivity index (χ3v) is 2.58. The lowest BCUT2D eigenvalue weighted by Gasteiger charge is -2.07. The minimum atomic E-state index is -0.404. The first-order valence-electron chi connectivity index (χ1n) is 6.05. The first-order chi connectivity index (χ1) is 9.70. The Morgan fingerprint density at radius 1 is 1.20 bits per heavy atom. The second-order valence-corrected chi connectivity index (χ2v) is 4.02. The fourth-order valence-corrected chi connectivity index (χ4v) is 1.70. The van der Waals surface area contributed by atoms with Crippen molar-refractivity contribution in [2.24, 2.45) is 5.73 Å². The van der Waals surface area contributed by atoms with E-state index in [1.165, 1.54) is 18.2 Å². The van der Waals surface area contributed by atoms with Gasteiger partial charge in [0.2, 0.25) is 0 Å². The number of rotatable bonds is 2. The Morgan fingerprint density at radius 2 is 2.00 bits per heavy atom. The zero-order valence-electron chi connectivity index (χ0n) is 10.7. The van der Waals surface area contributed by atoms with Gasteiger partial charge in [-0.05, 0) is 30.3 Å². The van der Waals surface area contributed by atoms with Gasteiger partial charge in [-0.15, -0.1) is 0 Å². The monoisotopic (exact) mass is 268 g/mol. The van der Waals surface area contributed by atoms with Gasteiger partial charge in [0.25, 0.3) is 5.91 Å². The number of halogens is 1. The highest BCUT2D eigenvalue weighted by atomic mass is 19.1. The molecule has 2 aromatic carbocycles. The van der Waals surface area contributed by atoms with Crippen LogP contribution in [0.15, 0.2) is 48.5 Å². The standard InChI is InChI=1S/C16H13FN2O/c17-13-7-3-8-14(11-13)19-16(20)15-9-2-1-5-12(15)6-4-10-18/h1-3,5,7-9,11H,10,18H2,(H,19,20). The van der Waals surface area contributed by atoms with Crippen LogP contribution in [0.25, 0.3) is 0 Å². The molecule has 0 aliphatic heterocycles. The van der Waals surface area contributed by atoms with E-state index in [0.717, 1.165) is 0 Å². The Bertz CT molecular complexity index is 686. The summed E-state index contributed by atoms with van der Waals surface area (Å²) in [5, 5.41) is 2.64. The first-order valence-corrected chi connectivity index (χ1v) is 6.05. The summed E-state index contributed by atoms with van der Waals surface area (Å²) in [5.74, 6) is 4.81. The Balaban J connectivity index is 2.25. The number of anilines is 1. The number of carbonyl (C=O) groups is 1. The fourth-order valence-electron chi connectivity index (χ4n) is 1.70. The van der Waals surface area contributed by atoms with Gasteiger partial charge >= 0.3 is 0 Å². The highest BCUT2D eigenvalue weighted by Gasteiger charge is 2.10. The van der Waals surface area contributed by atoms with Crippen LogP contribution < -0.4 is 11.1 Å². The van der Waals surface area contributed by atoms with E-state index in [-0.39, 0.29) is 12.5 Å². The maximum Gasteiger partial charge on any atom is 0.256 e. The van der Waals surface area contributed by atoms with Crippen molar-refractivity contribution in [3.8, 4) is 11.8 Å². The summed E-state index contributed by atoms with van der Waals surface area (Å²) < 4.78 is 13.1. The topological polar surface area (TPSA) is 55.1 Å². The summed E-state index contributed by atoms with van der Waals surface area (Å²) in [6.07, 6.45) is 0. The molecular formula is C16H13FN2O. The lowest BCUT2D eigenvalue weighted by Crippen LogP contribution is -2.13. The molecule has 0 aromatic heterocycles. The van der Waals surface area contributed by atoms with Gasteiger partial charge in [-0.3, -0.25) is 4.79 Å². The van der Waals surface area contributed by atoms with Crippen molar-refractivity contribution in [2.75, 3.05) is 11.9 Å². The van der Waals surface area contributed by atoms with Gasteiger partial charge in [0.05, 0.1) is 12.1 Å². The summed E-state index contributed by atoms with van der Waals surface area (Å²) in [7, 11) is 0. The number of amides is 1. The van der Waals surface area contributed by atoms with E-state index in [1.807, 2.05) is 0 Å². The van der Waals surface area contributed by atoms with E-state index >= 15 is 0 Å². The van der Waals surface area contributed by atoms with E-state index in [2.05, 4.69) is 17.2 Å². The maximum absolute atomic E-state index is 13.1. The lowest BCUT2D eigenvalue weighted by atomic mass is 10.1. The largest absolute Gasteiger partial charge is 0.322 e. The average molecular weight is 268 g/mol. The molecule has 0 bridgehead atoms. The molecule has 100 valence electrons. The van der Waals surface area contributed by atoms with E-state index in [1.54, 1.807) is 30.3 Å².